The molecule has 0 saturated carbocycles. The molecule has 0 aliphatic carbocycles. The second-order valence-corrected chi connectivity index (χ2v) is 9.67. The highest BCUT2D eigenvalue weighted by molar-refractivity contribution is 7.67. The van der Waals surface area contributed by atoms with Crippen LogP contribution in [0.5, 0.6) is 0 Å². The fourth-order valence-electron chi connectivity index (χ4n) is 2.72. The summed E-state index contributed by atoms with van der Waals surface area (Å²) in [4.78, 5) is 0. The van der Waals surface area contributed by atoms with Crippen LogP contribution in [0, 0.1) is 20.0 Å². The standard InChI is InChI=1S/C22H17Cl4P/c1-14-9-10-15(2)22(11-14)27(12-16-18(23)5-3-6-19(16)24)13-17-20(25)7-4-8-21(17)26/h3-13H,1-2H3. The third-order valence-corrected chi connectivity index (χ3v) is 7.61. The highest BCUT2D eigenvalue weighted by Gasteiger charge is 2.19. The molecule has 3 aromatic rings. The number of hydrogen-bond acceptors (Lipinski definition) is 0. The number of halogens is 4. The van der Waals surface area contributed by atoms with Gasteiger partial charge in [-0.05, 0) is 43.2 Å². The van der Waals surface area contributed by atoms with Gasteiger partial charge in [0.25, 0.3) is 0 Å². The molecule has 0 aliphatic heterocycles. The molecule has 3 rings (SSSR count). The summed E-state index contributed by atoms with van der Waals surface area (Å²) in [5.74, 6) is 2.13. The maximum Gasteiger partial charge on any atom is 0.144 e. The van der Waals surface area contributed by atoms with Crippen molar-refractivity contribution in [2.75, 3.05) is 0 Å². The minimum Gasteiger partial charge on any atom is -0.166 e. The van der Waals surface area contributed by atoms with E-state index in [1.54, 1.807) is 0 Å². The van der Waals surface area contributed by atoms with Gasteiger partial charge in [-0.25, -0.2) is 0 Å². The summed E-state index contributed by atoms with van der Waals surface area (Å²) in [6.45, 7) is 4.19. The maximum atomic E-state index is 6.43. The van der Waals surface area contributed by atoms with Crippen LogP contribution in [-0.2, 0) is 0 Å². The van der Waals surface area contributed by atoms with Crippen LogP contribution in [-0.4, -0.2) is 5.80 Å². The van der Waals surface area contributed by atoms with Crippen molar-refractivity contribution in [3.8, 4) is 0 Å². The second-order valence-electron chi connectivity index (χ2n) is 6.23. The quantitative estimate of drug-likeness (QED) is 0.276. The van der Waals surface area contributed by atoms with E-state index >= 15 is 0 Å². The number of rotatable bonds is 4. The molecule has 0 radical (unpaired) electrons. The molecule has 0 N–H and O–H groups in total. The third-order valence-electron chi connectivity index (χ3n) is 4.18. The van der Waals surface area contributed by atoms with Crippen molar-refractivity contribution in [1.29, 1.82) is 0 Å². The summed E-state index contributed by atoms with van der Waals surface area (Å²) >= 11 is 25.7. The highest BCUT2D eigenvalue weighted by Crippen LogP contribution is 2.39. The van der Waals surface area contributed by atoms with Crippen molar-refractivity contribution in [2.24, 2.45) is 0 Å². The van der Waals surface area contributed by atoms with Gasteiger partial charge in [0.05, 0.1) is 15.6 Å². The minimum atomic E-state index is -0.898. The normalized spacial score (nSPS) is 11.6. The van der Waals surface area contributed by atoms with Crippen molar-refractivity contribution in [3.63, 3.8) is 0 Å². The van der Waals surface area contributed by atoms with E-state index in [1.807, 2.05) is 36.4 Å². The van der Waals surface area contributed by atoms with E-state index in [4.69, 9.17) is 46.4 Å². The lowest BCUT2D eigenvalue weighted by Gasteiger charge is -2.14. The zero-order valence-corrected chi connectivity index (χ0v) is 18.7. The van der Waals surface area contributed by atoms with Crippen LogP contribution in [0.2, 0.25) is 20.1 Å². The van der Waals surface area contributed by atoms with E-state index in [0.29, 0.717) is 20.1 Å². The van der Waals surface area contributed by atoms with Crippen molar-refractivity contribution in [2.45, 2.75) is 13.8 Å². The van der Waals surface area contributed by atoms with Gasteiger partial charge in [0.1, 0.15) is 18.6 Å². The molecular weight excluding hydrogens is 437 g/mol. The van der Waals surface area contributed by atoms with E-state index in [0.717, 1.165) is 11.1 Å². The van der Waals surface area contributed by atoms with E-state index in [9.17, 15) is 0 Å². The monoisotopic (exact) mass is 452 g/mol. The lowest BCUT2D eigenvalue weighted by molar-refractivity contribution is 1.43. The molecule has 0 nitrogen and oxygen atoms in total. The van der Waals surface area contributed by atoms with Crippen molar-refractivity contribution in [3.05, 3.63) is 103 Å². The third kappa shape index (κ3) is 4.83. The molecule has 0 amide bonds. The number of aryl methyl sites for hydroxylation is 2. The minimum absolute atomic E-state index is 0.624. The fourth-order valence-corrected chi connectivity index (χ4v) is 6.34. The molecular formula is C22H17Cl4P. The summed E-state index contributed by atoms with van der Waals surface area (Å²) in [6, 6.07) is 17.5. The first-order valence-corrected chi connectivity index (χ1v) is 11.3. The summed E-state index contributed by atoms with van der Waals surface area (Å²) in [5, 5.41) is 3.72. The van der Waals surface area contributed by atoms with Crippen molar-refractivity contribution < 1.29 is 0 Å². The molecule has 0 bridgehead atoms. The summed E-state index contributed by atoms with van der Waals surface area (Å²) in [5.41, 5.74) is 4.05. The largest absolute Gasteiger partial charge is 0.166 e. The molecule has 0 fully saturated rings. The van der Waals surface area contributed by atoms with E-state index in [1.165, 1.54) is 16.4 Å². The second kappa shape index (κ2) is 8.91. The highest BCUT2D eigenvalue weighted by atomic mass is 35.5. The number of hydrogen-bond donors (Lipinski definition) is 0. The molecule has 1 unspecified atom stereocenters. The Balaban J connectivity index is 2.21. The average molecular weight is 454 g/mol. The van der Waals surface area contributed by atoms with Crippen LogP contribution < -0.4 is 5.30 Å². The van der Waals surface area contributed by atoms with Crippen LogP contribution in [0.4, 0.5) is 0 Å². The Morgan fingerprint density at radius 3 is 1.93 bits per heavy atom. The molecule has 1 atom stereocenters. The molecule has 0 heterocycles. The lowest BCUT2D eigenvalue weighted by Crippen LogP contribution is -2.05. The van der Waals surface area contributed by atoms with E-state index in [2.05, 4.69) is 44.0 Å². The topological polar surface area (TPSA) is 0 Å². The average Bonchev–Trinajstić information content (AvgIpc) is 2.62. The maximum absolute atomic E-state index is 6.43. The summed E-state index contributed by atoms with van der Waals surface area (Å²) in [7, 11) is -0.898. The Kier molecular flexibility index (Phi) is 6.79. The molecule has 27 heavy (non-hydrogen) atoms. The summed E-state index contributed by atoms with van der Waals surface area (Å²) in [6.07, 6.45) is 2.13. The lowest BCUT2D eigenvalue weighted by atomic mass is 10.2. The van der Waals surface area contributed by atoms with E-state index in [-0.39, 0.29) is 0 Å². The van der Waals surface area contributed by atoms with Crippen LogP contribution >= 0.6 is 53.9 Å². The zero-order valence-electron chi connectivity index (χ0n) is 14.8. The van der Waals surface area contributed by atoms with E-state index < -0.39 is 7.55 Å². The van der Waals surface area contributed by atoms with Gasteiger partial charge in [0.2, 0.25) is 0 Å². The molecule has 0 spiro atoms. The zero-order chi connectivity index (χ0) is 19.6. The Hall–Kier alpha value is -1.14. The predicted octanol–water partition coefficient (Wildman–Crippen LogP) is 8.08. The first-order chi connectivity index (χ1) is 12.9. The molecule has 0 saturated heterocycles. The van der Waals surface area contributed by atoms with Gasteiger partial charge in [-0.15, -0.1) is 17.7 Å². The van der Waals surface area contributed by atoms with Crippen molar-refractivity contribution >= 4 is 65.0 Å². The van der Waals surface area contributed by atoms with Crippen LogP contribution in [0.15, 0.2) is 54.6 Å². The Bertz CT molecular complexity index is 984. The smallest absolute Gasteiger partial charge is 0.144 e. The molecule has 3 aromatic carbocycles. The van der Waals surface area contributed by atoms with Gasteiger partial charge in [0, 0.05) is 6.16 Å². The van der Waals surface area contributed by atoms with Gasteiger partial charge in [0.15, 0.2) is 0 Å². The van der Waals surface area contributed by atoms with Crippen molar-refractivity contribution in [1.82, 2.24) is 0 Å². The summed E-state index contributed by atoms with van der Waals surface area (Å²) < 4.78 is 0. The first kappa shape index (κ1) is 20.6. The van der Waals surface area contributed by atoms with Gasteiger partial charge >= 0.3 is 0 Å². The Morgan fingerprint density at radius 1 is 0.778 bits per heavy atom. The van der Waals surface area contributed by atoms with Crippen LogP contribution in [0.1, 0.15) is 22.3 Å². The van der Waals surface area contributed by atoms with Gasteiger partial charge < -0.3 is 0 Å². The number of benzene rings is 3. The molecule has 138 valence electrons. The Morgan fingerprint density at radius 2 is 1.33 bits per heavy atom. The SMILES string of the molecule is Cc1ccc(C)c([P+](=Cc2c(Cl)cccc2Cl)[CH-]c2c(Cl)cccc2Cl)c1. The fraction of sp³-hybridized carbons (Fsp3) is 0.0909. The van der Waals surface area contributed by atoms with Gasteiger partial charge in [-0.2, -0.15) is 23.2 Å². The molecule has 0 aromatic heterocycles. The Labute approximate surface area is 181 Å². The van der Waals surface area contributed by atoms with Crippen LogP contribution in [0.25, 0.3) is 0 Å². The predicted molar refractivity (Wildman–Crippen MR) is 124 cm³/mol. The van der Waals surface area contributed by atoms with Crippen LogP contribution in [0.3, 0.4) is 0 Å². The van der Waals surface area contributed by atoms with Gasteiger partial charge in [-0.1, -0.05) is 57.5 Å². The molecule has 5 heteroatoms. The molecule has 0 aliphatic rings. The van der Waals surface area contributed by atoms with Gasteiger partial charge in [-0.3, -0.25) is 0 Å². The first-order valence-electron chi connectivity index (χ1n) is 8.30.